The van der Waals surface area contributed by atoms with Crippen LogP contribution in [0.4, 0.5) is 0 Å². The van der Waals surface area contributed by atoms with Crippen LogP contribution in [-0.4, -0.2) is 53.6 Å². The number of carbonyl (C=O) groups is 3. The van der Waals surface area contributed by atoms with E-state index in [1.807, 2.05) is 0 Å². The van der Waals surface area contributed by atoms with Crippen LogP contribution in [-0.2, 0) is 26.1 Å². The number of nitrogen functional groups attached to an aromatic ring is 1. The van der Waals surface area contributed by atoms with Crippen molar-refractivity contribution in [2.45, 2.75) is 19.4 Å². The summed E-state index contributed by atoms with van der Waals surface area (Å²) in [5.41, 5.74) is 5.85. The fourth-order valence-corrected chi connectivity index (χ4v) is 4.21. The highest BCUT2D eigenvalue weighted by atomic mass is 32.2. The van der Waals surface area contributed by atoms with E-state index in [1.54, 1.807) is 6.07 Å². The van der Waals surface area contributed by atoms with Crippen molar-refractivity contribution in [1.82, 2.24) is 5.32 Å². The van der Waals surface area contributed by atoms with Gasteiger partial charge < -0.3 is 20.9 Å². The number of amides is 1. The number of benzene rings is 1. The summed E-state index contributed by atoms with van der Waals surface area (Å²) in [7, 11) is -4.60. The summed E-state index contributed by atoms with van der Waals surface area (Å²) in [6, 6.07) is 7.44. The molecule has 32 heavy (non-hydrogen) atoms. The van der Waals surface area contributed by atoms with Gasteiger partial charge in [0, 0.05) is 16.4 Å². The molecular weight excluding hydrogens is 462 g/mol. The highest BCUT2D eigenvalue weighted by Crippen LogP contribution is 2.22. The first-order valence-corrected chi connectivity index (χ1v) is 11.5. The number of rotatable bonds is 10. The molecule has 0 bridgehead atoms. The van der Waals surface area contributed by atoms with Gasteiger partial charge in [0.25, 0.3) is 10.1 Å². The first-order valence-electron chi connectivity index (χ1n) is 9.09. The topological polar surface area (TPSA) is 197 Å². The Bertz CT molecular complexity index is 1130. The molecule has 0 radical (unpaired) electrons. The molecule has 0 spiro atoms. The number of aliphatic carboxylic acids is 1. The molecule has 2 aromatic rings. The van der Waals surface area contributed by atoms with Gasteiger partial charge in [-0.15, -0.1) is 11.3 Å². The lowest BCUT2D eigenvalue weighted by Gasteiger charge is -2.16. The number of hydrogen-bond donors (Lipinski definition) is 5. The van der Waals surface area contributed by atoms with Crippen LogP contribution in [0.5, 0.6) is 5.75 Å². The number of nitrogens with one attached hydrogen (secondary N) is 2. The first-order chi connectivity index (χ1) is 14.9. The summed E-state index contributed by atoms with van der Waals surface area (Å²) in [5, 5.41) is 18.5. The first kappa shape index (κ1) is 25.0. The molecule has 1 aromatic heterocycles. The Morgan fingerprint density at radius 2 is 1.81 bits per heavy atom. The van der Waals surface area contributed by atoms with Crippen LogP contribution in [0.15, 0.2) is 36.4 Å². The third-order valence-corrected chi connectivity index (χ3v) is 6.03. The lowest BCUT2D eigenvalue weighted by atomic mass is 10.1. The summed E-state index contributed by atoms with van der Waals surface area (Å²) in [6.45, 7) is 1.51. The maximum atomic E-state index is 12.3. The summed E-state index contributed by atoms with van der Waals surface area (Å²) in [5.74, 6) is -4.67. The number of thiophene rings is 1. The van der Waals surface area contributed by atoms with Gasteiger partial charge in [-0.3, -0.25) is 14.8 Å². The van der Waals surface area contributed by atoms with Crippen molar-refractivity contribution in [1.29, 1.82) is 5.41 Å². The van der Waals surface area contributed by atoms with Crippen LogP contribution in [0.3, 0.4) is 0 Å². The molecule has 13 heteroatoms. The van der Waals surface area contributed by atoms with Crippen LogP contribution < -0.4 is 15.8 Å². The molecule has 1 amide bonds. The van der Waals surface area contributed by atoms with Gasteiger partial charge in [-0.2, -0.15) is 8.42 Å². The quantitative estimate of drug-likeness (QED) is 0.107. The van der Waals surface area contributed by atoms with Gasteiger partial charge in [0.1, 0.15) is 28.3 Å². The van der Waals surface area contributed by atoms with Crippen molar-refractivity contribution in [3.63, 3.8) is 0 Å². The van der Waals surface area contributed by atoms with Crippen LogP contribution in [0.1, 0.15) is 27.0 Å². The number of carboxylic acid groups (broad SMARTS) is 1. The standard InChI is InChI=1S/C19H21N3O8S2/c1-10(17(23)22-14(18(24)25)9-32(27,28)29)8-13-6-7-15(31-13)19(26)30-12-4-2-11(3-5-12)16(20)21/h2-7,10,14H,8-9H2,1H3,(H3,20,21)(H,22,23)(H,24,25)(H,27,28,29)/t10?,14-/m0/s1. The summed E-state index contributed by atoms with van der Waals surface area (Å²) in [4.78, 5) is 36.6. The molecule has 0 aliphatic heterocycles. The smallest absolute Gasteiger partial charge is 0.353 e. The van der Waals surface area contributed by atoms with Gasteiger partial charge in [0.15, 0.2) is 0 Å². The average Bonchev–Trinajstić information content (AvgIpc) is 3.15. The fraction of sp³-hybridized carbons (Fsp3) is 0.263. The molecule has 11 nitrogen and oxygen atoms in total. The summed E-state index contributed by atoms with van der Waals surface area (Å²) in [6.07, 6.45) is 0.162. The van der Waals surface area contributed by atoms with Gasteiger partial charge >= 0.3 is 11.9 Å². The van der Waals surface area contributed by atoms with Gasteiger partial charge in [-0.25, -0.2) is 9.59 Å². The van der Waals surface area contributed by atoms with Crippen molar-refractivity contribution < 1.29 is 37.2 Å². The van der Waals surface area contributed by atoms with E-state index in [0.29, 0.717) is 10.4 Å². The van der Waals surface area contributed by atoms with Crippen molar-refractivity contribution in [2.75, 3.05) is 5.75 Å². The molecular formula is C19H21N3O8S2. The molecule has 0 fully saturated rings. The fourth-order valence-electron chi connectivity index (χ4n) is 2.55. The van der Waals surface area contributed by atoms with Gasteiger partial charge in [0.05, 0.1) is 0 Å². The van der Waals surface area contributed by atoms with Gasteiger partial charge in [0.2, 0.25) is 5.91 Å². The number of amidine groups is 1. The number of esters is 1. The zero-order valence-electron chi connectivity index (χ0n) is 16.8. The van der Waals surface area contributed by atoms with Gasteiger partial charge in [-0.1, -0.05) is 6.92 Å². The molecule has 2 atom stereocenters. The third kappa shape index (κ3) is 7.44. The zero-order chi connectivity index (χ0) is 24.1. The lowest BCUT2D eigenvalue weighted by molar-refractivity contribution is -0.141. The predicted molar refractivity (Wildman–Crippen MR) is 116 cm³/mol. The van der Waals surface area contributed by atoms with E-state index in [4.69, 9.17) is 25.5 Å². The maximum absolute atomic E-state index is 12.3. The van der Waals surface area contributed by atoms with E-state index in [-0.39, 0.29) is 22.9 Å². The van der Waals surface area contributed by atoms with Crippen molar-refractivity contribution >= 4 is 45.1 Å². The minimum Gasteiger partial charge on any atom is -0.480 e. The molecule has 6 N–H and O–H groups in total. The lowest BCUT2D eigenvalue weighted by Crippen LogP contribution is -2.47. The molecule has 0 saturated heterocycles. The van der Waals surface area contributed by atoms with E-state index in [9.17, 15) is 22.8 Å². The monoisotopic (exact) mass is 483 g/mol. The van der Waals surface area contributed by atoms with Crippen LogP contribution in [0.25, 0.3) is 0 Å². The number of hydrogen-bond acceptors (Lipinski definition) is 8. The van der Waals surface area contributed by atoms with E-state index in [0.717, 1.165) is 11.3 Å². The normalized spacial score (nSPS) is 13.1. The molecule has 2 rings (SSSR count). The molecule has 1 heterocycles. The maximum Gasteiger partial charge on any atom is 0.353 e. The average molecular weight is 484 g/mol. The Hall–Kier alpha value is -3.29. The Kier molecular flexibility index (Phi) is 8.08. The van der Waals surface area contributed by atoms with Gasteiger partial charge in [-0.05, 0) is 42.8 Å². The molecule has 0 saturated carbocycles. The van der Waals surface area contributed by atoms with Crippen LogP contribution in [0, 0.1) is 11.3 Å². The van der Waals surface area contributed by atoms with Crippen LogP contribution in [0.2, 0.25) is 0 Å². The number of carboxylic acids is 1. The second-order valence-electron chi connectivity index (χ2n) is 6.85. The second-order valence-corrected chi connectivity index (χ2v) is 9.51. The van der Waals surface area contributed by atoms with Crippen molar-refractivity contribution in [3.05, 3.63) is 51.7 Å². The molecule has 0 aliphatic carbocycles. The molecule has 1 aromatic carbocycles. The Morgan fingerprint density at radius 3 is 2.34 bits per heavy atom. The summed E-state index contributed by atoms with van der Waals surface area (Å²) >= 11 is 1.09. The minimum absolute atomic E-state index is 0.114. The van der Waals surface area contributed by atoms with Crippen molar-refractivity contribution in [2.24, 2.45) is 11.7 Å². The number of ether oxygens (including phenoxy) is 1. The highest BCUT2D eigenvalue weighted by molar-refractivity contribution is 7.85. The SMILES string of the molecule is CC(Cc1ccc(C(=O)Oc2ccc(C(=N)N)cc2)s1)C(=O)N[C@@H](CS(=O)(=O)O)C(=O)O. The Morgan fingerprint density at radius 1 is 1.19 bits per heavy atom. The minimum atomic E-state index is -4.60. The van der Waals surface area contributed by atoms with E-state index in [2.05, 4.69) is 5.32 Å². The van der Waals surface area contributed by atoms with E-state index < -0.39 is 45.7 Å². The second kappa shape index (κ2) is 10.3. The molecule has 1 unspecified atom stereocenters. The predicted octanol–water partition coefficient (Wildman–Crippen LogP) is 0.887. The summed E-state index contributed by atoms with van der Waals surface area (Å²) < 4.78 is 35.9. The molecule has 0 aliphatic rings. The third-order valence-electron chi connectivity index (χ3n) is 4.19. The highest BCUT2D eigenvalue weighted by Gasteiger charge is 2.27. The Balaban J connectivity index is 1.97. The Labute approximate surface area is 187 Å². The van der Waals surface area contributed by atoms with E-state index >= 15 is 0 Å². The molecule has 172 valence electrons. The number of carbonyl (C=O) groups excluding carboxylic acids is 2. The van der Waals surface area contributed by atoms with E-state index in [1.165, 1.54) is 37.3 Å². The largest absolute Gasteiger partial charge is 0.480 e. The zero-order valence-corrected chi connectivity index (χ0v) is 18.4. The van der Waals surface area contributed by atoms with Crippen LogP contribution >= 0.6 is 11.3 Å². The number of nitrogens with two attached hydrogens (primary N) is 1. The van der Waals surface area contributed by atoms with Crippen molar-refractivity contribution in [3.8, 4) is 5.75 Å².